The molecule has 0 saturated carbocycles. The van der Waals surface area contributed by atoms with Crippen LogP contribution >= 0.6 is 11.6 Å². The van der Waals surface area contributed by atoms with Crippen LogP contribution in [-0.4, -0.2) is 24.6 Å². The number of benzene rings is 1. The number of nitrogens with one attached hydrogen (secondary N) is 2. The van der Waals surface area contributed by atoms with Gasteiger partial charge in [-0.05, 0) is 26.0 Å². The van der Waals surface area contributed by atoms with Crippen molar-refractivity contribution in [2.75, 3.05) is 6.54 Å². The Labute approximate surface area is 122 Å². The fourth-order valence-electron chi connectivity index (χ4n) is 1.51. The van der Waals surface area contributed by atoms with Gasteiger partial charge < -0.3 is 15.8 Å². The Kier molecular flexibility index (Phi) is 6.27. The molecule has 0 spiro atoms. The van der Waals surface area contributed by atoms with Crippen LogP contribution < -0.4 is 21.1 Å². The summed E-state index contributed by atoms with van der Waals surface area (Å²) in [6.07, 6.45) is -0.846. The summed E-state index contributed by atoms with van der Waals surface area (Å²) >= 11 is 5.99. The third kappa shape index (κ3) is 4.40. The number of imide groups is 1. The van der Waals surface area contributed by atoms with E-state index in [0.717, 1.165) is 0 Å². The number of halogens is 1. The quantitative estimate of drug-likeness (QED) is 0.766. The predicted octanol–water partition coefficient (Wildman–Crippen LogP) is 1.41. The third-order valence-corrected chi connectivity index (χ3v) is 2.88. The second kappa shape index (κ2) is 7.72. The van der Waals surface area contributed by atoms with Crippen LogP contribution in [0.3, 0.4) is 0 Å². The molecule has 0 aliphatic carbocycles. The SMILES string of the molecule is CCNC(=O)NC(=O)C(C)Oc1cccc(Cl)c1CN. The lowest BCUT2D eigenvalue weighted by atomic mass is 10.2. The summed E-state index contributed by atoms with van der Waals surface area (Å²) in [6.45, 7) is 3.92. The number of hydrogen-bond donors (Lipinski definition) is 3. The van der Waals surface area contributed by atoms with Crippen molar-refractivity contribution in [2.24, 2.45) is 5.73 Å². The van der Waals surface area contributed by atoms with Crippen molar-refractivity contribution in [3.8, 4) is 5.75 Å². The minimum Gasteiger partial charge on any atom is -0.480 e. The maximum absolute atomic E-state index is 11.8. The molecule has 20 heavy (non-hydrogen) atoms. The molecule has 1 unspecified atom stereocenters. The molecule has 6 nitrogen and oxygen atoms in total. The van der Waals surface area contributed by atoms with Crippen LogP contribution in [0.1, 0.15) is 19.4 Å². The number of hydrogen-bond acceptors (Lipinski definition) is 4. The van der Waals surface area contributed by atoms with E-state index < -0.39 is 18.0 Å². The number of nitrogens with two attached hydrogens (primary N) is 1. The van der Waals surface area contributed by atoms with Crippen molar-refractivity contribution >= 4 is 23.5 Å². The number of amides is 3. The first kappa shape index (κ1) is 16.3. The van der Waals surface area contributed by atoms with Crippen LogP contribution in [-0.2, 0) is 11.3 Å². The maximum Gasteiger partial charge on any atom is 0.321 e. The van der Waals surface area contributed by atoms with Gasteiger partial charge in [-0.25, -0.2) is 4.79 Å². The molecule has 0 heterocycles. The van der Waals surface area contributed by atoms with E-state index in [0.29, 0.717) is 22.9 Å². The highest BCUT2D eigenvalue weighted by Gasteiger charge is 2.18. The smallest absolute Gasteiger partial charge is 0.321 e. The minimum atomic E-state index is -0.846. The molecule has 0 aromatic heterocycles. The number of carbonyl (C=O) groups is 2. The Morgan fingerprint density at radius 1 is 1.45 bits per heavy atom. The molecular formula is C13H18ClN3O3. The second-order valence-corrected chi connectivity index (χ2v) is 4.44. The molecule has 0 radical (unpaired) electrons. The van der Waals surface area contributed by atoms with Crippen LogP contribution in [0.4, 0.5) is 4.79 Å². The highest BCUT2D eigenvalue weighted by atomic mass is 35.5. The number of carbonyl (C=O) groups excluding carboxylic acids is 2. The predicted molar refractivity (Wildman–Crippen MR) is 76.6 cm³/mol. The maximum atomic E-state index is 11.8. The standard InChI is InChI=1S/C13H18ClN3O3/c1-3-16-13(19)17-12(18)8(2)20-11-6-4-5-10(14)9(11)7-15/h4-6,8H,3,7,15H2,1-2H3,(H2,16,17,18,19). The van der Waals surface area contributed by atoms with Gasteiger partial charge >= 0.3 is 6.03 Å². The lowest BCUT2D eigenvalue weighted by molar-refractivity contribution is -0.126. The fraction of sp³-hybridized carbons (Fsp3) is 0.385. The van der Waals surface area contributed by atoms with E-state index in [9.17, 15) is 9.59 Å². The van der Waals surface area contributed by atoms with E-state index in [1.807, 2.05) is 0 Å². The molecule has 110 valence electrons. The third-order valence-electron chi connectivity index (χ3n) is 2.53. The highest BCUT2D eigenvalue weighted by Crippen LogP contribution is 2.26. The zero-order chi connectivity index (χ0) is 15.1. The monoisotopic (exact) mass is 299 g/mol. The second-order valence-electron chi connectivity index (χ2n) is 4.03. The molecule has 1 aromatic carbocycles. The summed E-state index contributed by atoms with van der Waals surface area (Å²) in [5.41, 5.74) is 6.21. The van der Waals surface area contributed by atoms with E-state index in [1.165, 1.54) is 6.92 Å². The van der Waals surface area contributed by atoms with Gasteiger partial charge in [0.2, 0.25) is 0 Å². The average Bonchev–Trinajstić information content (AvgIpc) is 2.39. The molecule has 0 aliphatic heterocycles. The summed E-state index contributed by atoms with van der Waals surface area (Å²) < 4.78 is 5.50. The molecule has 0 aliphatic rings. The van der Waals surface area contributed by atoms with Crippen molar-refractivity contribution in [2.45, 2.75) is 26.5 Å². The molecule has 4 N–H and O–H groups in total. The van der Waals surface area contributed by atoms with Crippen molar-refractivity contribution in [1.29, 1.82) is 0 Å². The molecular weight excluding hydrogens is 282 g/mol. The van der Waals surface area contributed by atoms with E-state index in [-0.39, 0.29) is 6.54 Å². The Morgan fingerprint density at radius 2 is 2.15 bits per heavy atom. The first-order valence-electron chi connectivity index (χ1n) is 6.22. The molecule has 1 aromatic rings. The summed E-state index contributed by atoms with van der Waals surface area (Å²) in [7, 11) is 0. The van der Waals surface area contributed by atoms with Crippen molar-refractivity contribution in [3.63, 3.8) is 0 Å². The molecule has 1 rings (SSSR count). The van der Waals surface area contributed by atoms with Crippen molar-refractivity contribution in [1.82, 2.24) is 10.6 Å². The Hall–Kier alpha value is -1.79. The lowest BCUT2D eigenvalue weighted by Crippen LogP contribution is -2.45. The van der Waals surface area contributed by atoms with E-state index >= 15 is 0 Å². The van der Waals surface area contributed by atoms with Crippen LogP contribution in [0.15, 0.2) is 18.2 Å². The number of urea groups is 1. The highest BCUT2D eigenvalue weighted by molar-refractivity contribution is 6.31. The van der Waals surface area contributed by atoms with Crippen molar-refractivity contribution in [3.05, 3.63) is 28.8 Å². The summed E-state index contributed by atoms with van der Waals surface area (Å²) in [4.78, 5) is 23.0. The van der Waals surface area contributed by atoms with Gasteiger partial charge in [0.15, 0.2) is 6.10 Å². The van der Waals surface area contributed by atoms with Gasteiger partial charge in [0.25, 0.3) is 5.91 Å². The topological polar surface area (TPSA) is 93.5 Å². The lowest BCUT2D eigenvalue weighted by Gasteiger charge is -2.17. The normalized spacial score (nSPS) is 11.6. The van der Waals surface area contributed by atoms with Gasteiger partial charge in [-0.15, -0.1) is 0 Å². The first-order chi connectivity index (χ1) is 9.49. The molecule has 0 saturated heterocycles. The molecule has 7 heteroatoms. The largest absolute Gasteiger partial charge is 0.480 e. The number of rotatable bonds is 5. The van der Waals surface area contributed by atoms with Gasteiger partial charge in [0.05, 0.1) is 0 Å². The Morgan fingerprint density at radius 3 is 2.75 bits per heavy atom. The zero-order valence-corrected chi connectivity index (χ0v) is 12.2. The Balaban J connectivity index is 2.71. The Bertz CT molecular complexity index is 494. The van der Waals surface area contributed by atoms with Crippen LogP contribution in [0.25, 0.3) is 0 Å². The van der Waals surface area contributed by atoms with Crippen LogP contribution in [0, 0.1) is 0 Å². The average molecular weight is 300 g/mol. The van der Waals surface area contributed by atoms with Gasteiger partial charge in [0, 0.05) is 23.7 Å². The fourth-order valence-corrected chi connectivity index (χ4v) is 1.75. The van der Waals surface area contributed by atoms with E-state index in [2.05, 4.69) is 10.6 Å². The molecule has 3 amide bonds. The van der Waals surface area contributed by atoms with Crippen molar-refractivity contribution < 1.29 is 14.3 Å². The summed E-state index contributed by atoms with van der Waals surface area (Å²) in [5.74, 6) is -0.113. The zero-order valence-electron chi connectivity index (χ0n) is 11.4. The van der Waals surface area contributed by atoms with Gasteiger partial charge in [-0.1, -0.05) is 17.7 Å². The van der Waals surface area contributed by atoms with Gasteiger partial charge in [-0.3, -0.25) is 10.1 Å². The molecule has 0 bridgehead atoms. The van der Waals surface area contributed by atoms with E-state index in [1.54, 1.807) is 25.1 Å². The van der Waals surface area contributed by atoms with Crippen LogP contribution in [0.5, 0.6) is 5.75 Å². The van der Waals surface area contributed by atoms with Crippen LogP contribution in [0.2, 0.25) is 5.02 Å². The summed E-state index contributed by atoms with van der Waals surface area (Å²) in [6, 6.07) is 4.50. The minimum absolute atomic E-state index is 0.194. The van der Waals surface area contributed by atoms with Gasteiger partial charge in [0.1, 0.15) is 5.75 Å². The van der Waals surface area contributed by atoms with Gasteiger partial charge in [-0.2, -0.15) is 0 Å². The number of ether oxygens (including phenoxy) is 1. The molecule has 0 fully saturated rings. The molecule has 1 atom stereocenters. The summed E-state index contributed by atoms with van der Waals surface area (Å²) in [5, 5.41) is 5.11. The first-order valence-corrected chi connectivity index (χ1v) is 6.60. The van der Waals surface area contributed by atoms with E-state index in [4.69, 9.17) is 22.1 Å².